The van der Waals surface area contributed by atoms with Crippen LogP contribution in [0.5, 0.6) is 0 Å². The van der Waals surface area contributed by atoms with Gasteiger partial charge in [-0.3, -0.25) is 9.59 Å². The molecule has 2 atom stereocenters. The van der Waals surface area contributed by atoms with Gasteiger partial charge >= 0.3 is 0 Å². The molecular weight excluding hydrogens is 318 g/mol. The van der Waals surface area contributed by atoms with Crippen LogP contribution in [0.1, 0.15) is 62.9 Å². The molecule has 0 N–H and O–H groups in total. The van der Waals surface area contributed by atoms with Gasteiger partial charge in [-0.15, -0.1) is 0 Å². The third kappa shape index (κ3) is 3.12. The lowest BCUT2D eigenvalue weighted by Crippen LogP contribution is -2.65. The Labute approximate surface area is 149 Å². The van der Waals surface area contributed by atoms with E-state index in [-0.39, 0.29) is 29.0 Å². The largest absolute Gasteiger partial charge is 0.378 e. The van der Waals surface area contributed by atoms with E-state index in [1.807, 2.05) is 11.8 Å². The predicted octanol–water partition coefficient (Wildman–Crippen LogP) is 2.37. The van der Waals surface area contributed by atoms with Crippen LogP contribution >= 0.6 is 0 Å². The molecule has 0 aromatic carbocycles. The number of amides is 1. The lowest BCUT2D eigenvalue weighted by Gasteiger charge is -2.57. The van der Waals surface area contributed by atoms with Crippen molar-refractivity contribution in [2.75, 3.05) is 13.2 Å². The average molecular weight is 347 g/mol. The van der Waals surface area contributed by atoms with E-state index < -0.39 is 0 Å². The van der Waals surface area contributed by atoms with E-state index in [0.717, 1.165) is 32.3 Å². The number of hydrogen-bond acceptors (Lipinski definition) is 4. The second-order valence-corrected chi connectivity index (χ2v) is 7.31. The summed E-state index contributed by atoms with van der Waals surface area (Å²) in [7, 11) is 1.58. The zero-order valence-corrected chi connectivity index (χ0v) is 15.5. The lowest BCUT2D eigenvalue weighted by molar-refractivity contribution is -0.156. The summed E-state index contributed by atoms with van der Waals surface area (Å²) in [4.78, 5) is 26.7. The minimum absolute atomic E-state index is 0.0660. The second-order valence-electron chi connectivity index (χ2n) is 7.31. The number of hydrogen-bond donors (Lipinski definition) is 0. The zero-order chi connectivity index (χ0) is 18.0. The smallest absolute Gasteiger partial charge is 0.274 e. The fourth-order valence-corrected chi connectivity index (χ4v) is 4.69. The molecule has 25 heavy (non-hydrogen) atoms. The Morgan fingerprint density at radius 1 is 1.36 bits per heavy atom. The molecule has 0 unspecified atom stereocenters. The van der Waals surface area contributed by atoms with Gasteiger partial charge in [0.15, 0.2) is 0 Å². The minimum atomic E-state index is -0.203. The van der Waals surface area contributed by atoms with E-state index in [9.17, 15) is 9.59 Å². The summed E-state index contributed by atoms with van der Waals surface area (Å²) < 4.78 is 7.22. The fraction of sp³-hybridized carbons (Fsp3) is 0.737. The Bertz CT molecular complexity index is 679. The first-order valence-corrected chi connectivity index (χ1v) is 9.50. The number of carbonyl (C=O) groups is 1. The maximum atomic E-state index is 13.1. The molecule has 1 aromatic heterocycles. The van der Waals surface area contributed by atoms with Gasteiger partial charge < -0.3 is 9.64 Å². The van der Waals surface area contributed by atoms with E-state index in [4.69, 9.17) is 4.74 Å². The first-order chi connectivity index (χ1) is 12.0. The van der Waals surface area contributed by atoms with Crippen molar-refractivity contribution in [3.63, 3.8) is 0 Å². The maximum Gasteiger partial charge on any atom is 0.274 e. The molecule has 6 nitrogen and oxygen atoms in total. The number of aromatic nitrogens is 2. The van der Waals surface area contributed by atoms with Crippen molar-refractivity contribution < 1.29 is 9.53 Å². The highest BCUT2D eigenvalue weighted by molar-refractivity contribution is 5.92. The van der Waals surface area contributed by atoms with Gasteiger partial charge in [0.05, 0.1) is 6.10 Å². The molecule has 2 aliphatic rings. The molecule has 6 heteroatoms. The van der Waals surface area contributed by atoms with Crippen molar-refractivity contribution in [1.82, 2.24) is 14.7 Å². The molecule has 1 aromatic rings. The third-order valence-electron chi connectivity index (χ3n) is 5.93. The maximum absolute atomic E-state index is 13.1. The van der Waals surface area contributed by atoms with Crippen LogP contribution in [0.15, 0.2) is 16.9 Å². The van der Waals surface area contributed by atoms with Crippen LogP contribution < -0.4 is 5.56 Å². The molecule has 3 rings (SSSR count). The number of nitrogens with zero attached hydrogens (tertiary/aromatic N) is 3. The van der Waals surface area contributed by atoms with E-state index in [0.29, 0.717) is 12.2 Å². The van der Waals surface area contributed by atoms with E-state index in [2.05, 4.69) is 12.0 Å². The predicted molar refractivity (Wildman–Crippen MR) is 95.5 cm³/mol. The van der Waals surface area contributed by atoms with Crippen LogP contribution in [-0.2, 0) is 11.8 Å². The second kappa shape index (κ2) is 7.28. The van der Waals surface area contributed by atoms with Gasteiger partial charge in [-0.25, -0.2) is 4.68 Å². The number of aryl methyl sites for hydroxylation is 1. The SMILES string of the molecule is CCCN(C(=O)c1ccc(=O)n(C)n1)[C@H]1C[C@H](OCC)C12CCCC2. The summed E-state index contributed by atoms with van der Waals surface area (Å²) in [6.45, 7) is 5.58. The summed E-state index contributed by atoms with van der Waals surface area (Å²) in [5, 5.41) is 4.17. The first-order valence-electron chi connectivity index (χ1n) is 9.50. The van der Waals surface area contributed by atoms with E-state index in [1.54, 1.807) is 13.1 Å². The van der Waals surface area contributed by atoms with Gasteiger partial charge in [0, 0.05) is 37.7 Å². The van der Waals surface area contributed by atoms with E-state index >= 15 is 0 Å². The van der Waals surface area contributed by atoms with Gasteiger partial charge in [0.2, 0.25) is 0 Å². The van der Waals surface area contributed by atoms with Crippen LogP contribution in [0.3, 0.4) is 0 Å². The van der Waals surface area contributed by atoms with Crippen molar-refractivity contribution in [1.29, 1.82) is 0 Å². The van der Waals surface area contributed by atoms with Gasteiger partial charge in [-0.05, 0) is 38.7 Å². The topological polar surface area (TPSA) is 64.4 Å². The van der Waals surface area contributed by atoms with Crippen molar-refractivity contribution in [2.45, 2.75) is 64.5 Å². The number of ether oxygens (including phenoxy) is 1. The van der Waals surface area contributed by atoms with Crippen molar-refractivity contribution in [3.05, 3.63) is 28.2 Å². The highest BCUT2D eigenvalue weighted by atomic mass is 16.5. The summed E-state index contributed by atoms with van der Waals surface area (Å²) in [6.07, 6.45) is 6.78. The van der Waals surface area contributed by atoms with Gasteiger partial charge in [0.1, 0.15) is 5.69 Å². The summed E-state index contributed by atoms with van der Waals surface area (Å²) in [6, 6.07) is 3.19. The van der Waals surface area contributed by atoms with Crippen LogP contribution in [-0.4, -0.2) is 45.9 Å². The Balaban J connectivity index is 1.86. The molecule has 1 heterocycles. The summed E-state index contributed by atoms with van der Waals surface area (Å²) in [5.41, 5.74) is 0.260. The van der Waals surface area contributed by atoms with Gasteiger partial charge in [-0.1, -0.05) is 19.8 Å². The quantitative estimate of drug-likeness (QED) is 0.792. The summed E-state index contributed by atoms with van der Waals surface area (Å²) in [5.74, 6) is -0.0660. The molecule has 0 radical (unpaired) electrons. The first kappa shape index (κ1) is 18.1. The number of carbonyl (C=O) groups excluding carboxylic acids is 1. The lowest BCUT2D eigenvalue weighted by atomic mass is 9.59. The third-order valence-corrected chi connectivity index (χ3v) is 5.93. The molecule has 1 amide bonds. The highest BCUT2D eigenvalue weighted by Gasteiger charge is 2.59. The van der Waals surface area contributed by atoms with Crippen molar-refractivity contribution in [3.8, 4) is 0 Å². The Morgan fingerprint density at radius 2 is 2.08 bits per heavy atom. The monoisotopic (exact) mass is 347 g/mol. The van der Waals surface area contributed by atoms with E-state index in [1.165, 1.54) is 23.6 Å². The molecule has 0 bridgehead atoms. The Morgan fingerprint density at radius 3 is 2.68 bits per heavy atom. The van der Waals surface area contributed by atoms with Crippen LogP contribution in [0.4, 0.5) is 0 Å². The molecule has 0 aliphatic heterocycles. The minimum Gasteiger partial charge on any atom is -0.378 e. The Hall–Kier alpha value is -1.69. The molecule has 2 fully saturated rings. The van der Waals surface area contributed by atoms with Crippen molar-refractivity contribution in [2.24, 2.45) is 12.5 Å². The molecule has 2 saturated carbocycles. The normalized spacial score (nSPS) is 24.3. The van der Waals surface area contributed by atoms with Crippen molar-refractivity contribution >= 4 is 5.91 Å². The molecular formula is C19H29N3O3. The number of rotatable bonds is 6. The summed E-state index contributed by atoms with van der Waals surface area (Å²) >= 11 is 0. The average Bonchev–Trinajstić information content (AvgIpc) is 3.11. The fourth-order valence-electron chi connectivity index (χ4n) is 4.69. The molecule has 138 valence electrons. The Kier molecular flexibility index (Phi) is 5.27. The van der Waals surface area contributed by atoms with Crippen LogP contribution in [0.25, 0.3) is 0 Å². The highest BCUT2D eigenvalue weighted by Crippen LogP contribution is 2.56. The van der Waals surface area contributed by atoms with Crippen LogP contribution in [0.2, 0.25) is 0 Å². The molecule has 1 spiro atoms. The standard InChI is InChI=1S/C19H29N3O3/c1-4-12-22(18(24)14-8-9-17(23)21(3)20-14)15-13-16(25-5-2)19(15)10-6-7-11-19/h8-9,15-16H,4-7,10-13H2,1-3H3/t15-,16-/m0/s1. The zero-order valence-electron chi connectivity index (χ0n) is 15.5. The van der Waals surface area contributed by atoms with Gasteiger partial charge in [0.25, 0.3) is 11.5 Å². The molecule has 2 aliphatic carbocycles. The van der Waals surface area contributed by atoms with Gasteiger partial charge in [-0.2, -0.15) is 5.10 Å². The van der Waals surface area contributed by atoms with Crippen LogP contribution in [0, 0.1) is 5.41 Å². The molecule has 0 saturated heterocycles.